The zero-order valence-corrected chi connectivity index (χ0v) is 20.7. The van der Waals surface area contributed by atoms with Crippen molar-refractivity contribution in [2.24, 2.45) is 0 Å². The third-order valence-corrected chi connectivity index (χ3v) is 6.69. The van der Waals surface area contributed by atoms with Crippen LogP contribution < -0.4 is 5.32 Å². The van der Waals surface area contributed by atoms with Gasteiger partial charge in [0.25, 0.3) is 5.91 Å². The second kappa shape index (κ2) is 10.4. The van der Waals surface area contributed by atoms with E-state index in [0.717, 1.165) is 0 Å². The summed E-state index contributed by atoms with van der Waals surface area (Å²) < 4.78 is 5.90. The fourth-order valence-corrected chi connectivity index (χ4v) is 4.50. The number of hydrogen-bond acceptors (Lipinski definition) is 7. The van der Waals surface area contributed by atoms with Gasteiger partial charge in [0.15, 0.2) is 10.9 Å². The van der Waals surface area contributed by atoms with Crippen LogP contribution in [0, 0.1) is 0 Å². The molecule has 1 aliphatic rings. The van der Waals surface area contributed by atoms with Gasteiger partial charge < -0.3 is 19.7 Å². The molecule has 3 heterocycles. The van der Waals surface area contributed by atoms with Crippen molar-refractivity contribution in [2.45, 2.75) is 30.6 Å². The molecule has 0 aliphatic carbocycles. The number of nitrogens with zero attached hydrogens (tertiary/aromatic N) is 3. The van der Waals surface area contributed by atoms with Crippen LogP contribution in [-0.2, 0) is 11.2 Å². The molecule has 2 N–H and O–H groups in total. The third-order valence-electron chi connectivity index (χ3n) is 5.62. The minimum absolute atomic E-state index is 0.306. The topological polar surface area (TPSA) is 109 Å². The number of rotatable bonds is 7. The summed E-state index contributed by atoms with van der Waals surface area (Å²) in [5, 5.41) is 13.9. The lowest BCUT2D eigenvalue weighted by atomic mass is 10.0. The Morgan fingerprint density at radius 1 is 1.35 bits per heavy atom. The second-order valence-electron chi connectivity index (χ2n) is 7.72. The van der Waals surface area contributed by atoms with Crippen LogP contribution >= 0.6 is 35.0 Å². The number of aliphatic hydroxyl groups excluding tert-OH is 1. The molecule has 0 radical (unpaired) electrons. The lowest BCUT2D eigenvalue weighted by molar-refractivity contribution is -0.126. The Bertz CT molecular complexity index is 1240. The van der Waals surface area contributed by atoms with Gasteiger partial charge in [-0.15, -0.1) is 0 Å². The maximum atomic E-state index is 13.2. The van der Waals surface area contributed by atoms with Crippen LogP contribution in [0.1, 0.15) is 34.6 Å². The van der Waals surface area contributed by atoms with Crippen molar-refractivity contribution >= 4 is 46.8 Å². The monoisotopic (exact) mass is 520 g/mol. The molecule has 3 aromatic rings. The number of carbonyl (C=O) groups is 2. The van der Waals surface area contributed by atoms with E-state index in [2.05, 4.69) is 15.3 Å². The van der Waals surface area contributed by atoms with Crippen molar-refractivity contribution in [1.82, 2.24) is 20.2 Å². The van der Waals surface area contributed by atoms with Crippen LogP contribution in [0.4, 0.5) is 0 Å². The molecule has 2 atom stereocenters. The van der Waals surface area contributed by atoms with Gasteiger partial charge in [0.1, 0.15) is 17.5 Å². The number of aliphatic hydroxyl groups is 1. The summed E-state index contributed by atoms with van der Waals surface area (Å²) in [5.74, 6) is 0.193. The van der Waals surface area contributed by atoms with Crippen molar-refractivity contribution in [1.29, 1.82) is 0 Å². The highest BCUT2D eigenvalue weighted by molar-refractivity contribution is 7.98. The van der Waals surface area contributed by atoms with Gasteiger partial charge in [0.2, 0.25) is 5.91 Å². The van der Waals surface area contributed by atoms with E-state index in [1.807, 2.05) is 6.26 Å². The van der Waals surface area contributed by atoms with Crippen LogP contribution in [0.15, 0.2) is 46.1 Å². The van der Waals surface area contributed by atoms with Gasteiger partial charge in [-0.1, -0.05) is 47.1 Å². The maximum Gasteiger partial charge on any atom is 0.258 e. The summed E-state index contributed by atoms with van der Waals surface area (Å²) in [7, 11) is 0. The SMILES string of the molecule is CSc1ncc(Cl)c(-c2cc3c(o2)CCN([C@H](C)C(=O)N[C@H](CO)c2cccc(Cl)c2)C3=O)n1. The summed E-state index contributed by atoms with van der Waals surface area (Å²) in [4.78, 5) is 36.2. The molecule has 8 nitrogen and oxygen atoms in total. The standard InChI is InChI=1S/C23H22Cl2N4O4S/c1-12(21(31)27-17(11-30)13-4-3-5-14(24)8-13)29-7-6-18-15(22(29)32)9-19(33-18)20-16(25)10-26-23(28-20)34-2/h3-5,8-10,12,17,30H,6-7,11H2,1-2H3,(H,27,31)/t12-,17-/m1/s1. The molecule has 178 valence electrons. The van der Waals surface area contributed by atoms with E-state index in [1.54, 1.807) is 37.3 Å². The molecular weight excluding hydrogens is 499 g/mol. The first-order valence-electron chi connectivity index (χ1n) is 10.5. The largest absolute Gasteiger partial charge is 0.458 e. The molecule has 11 heteroatoms. The molecule has 34 heavy (non-hydrogen) atoms. The molecule has 0 unspecified atom stereocenters. The highest BCUT2D eigenvalue weighted by Gasteiger charge is 2.35. The van der Waals surface area contributed by atoms with Gasteiger partial charge in [-0.05, 0) is 36.9 Å². The van der Waals surface area contributed by atoms with Crippen LogP contribution in [-0.4, -0.2) is 57.2 Å². The number of benzene rings is 1. The molecule has 0 saturated heterocycles. The highest BCUT2D eigenvalue weighted by atomic mass is 35.5. The fraction of sp³-hybridized carbons (Fsp3) is 0.304. The average molecular weight is 521 g/mol. The Hall–Kier alpha value is -2.59. The summed E-state index contributed by atoms with van der Waals surface area (Å²) >= 11 is 13.7. The Labute approximate surface area is 210 Å². The Balaban J connectivity index is 1.52. The molecular formula is C23H22Cl2N4O4S. The molecule has 2 amide bonds. The molecule has 1 aliphatic heterocycles. The number of nitrogens with one attached hydrogen (secondary N) is 1. The molecule has 4 rings (SSSR count). The van der Waals surface area contributed by atoms with Gasteiger partial charge in [0, 0.05) is 18.0 Å². The zero-order chi connectivity index (χ0) is 24.4. The molecule has 0 spiro atoms. The van der Waals surface area contributed by atoms with Gasteiger partial charge in [0.05, 0.1) is 29.4 Å². The number of halogens is 2. The first-order chi connectivity index (χ1) is 16.3. The molecule has 0 fully saturated rings. The predicted octanol–water partition coefficient (Wildman–Crippen LogP) is 4.00. The first kappa shape index (κ1) is 24.5. The number of carbonyl (C=O) groups excluding carboxylic acids is 2. The minimum Gasteiger partial charge on any atom is -0.458 e. The lowest BCUT2D eigenvalue weighted by Gasteiger charge is -2.32. The number of fused-ring (bicyclic) bond motifs is 1. The van der Waals surface area contributed by atoms with Crippen molar-refractivity contribution in [3.8, 4) is 11.5 Å². The van der Waals surface area contributed by atoms with Crippen molar-refractivity contribution in [2.75, 3.05) is 19.4 Å². The van der Waals surface area contributed by atoms with Crippen molar-refractivity contribution in [3.05, 3.63) is 63.5 Å². The molecule has 1 aromatic carbocycles. The van der Waals surface area contributed by atoms with E-state index < -0.39 is 12.1 Å². The Morgan fingerprint density at radius 3 is 2.85 bits per heavy atom. The third kappa shape index (κ3) is 4.93. The van der Waals surface area contributed by atoms with Gasteiger partial charge in [-0.3, -0.25) is 9.59 Å². The number of thioether (sulfide) groups is 1. The summed E-state index contributed by atoms with van der Waals surface area (Å²) in [5.41, 5.74) is 1.45. The quantitative estimate of drug-likeness (QED) is 0.357. The van der Waals surface area contributed by atoms with E-state index in [4.69, 9.17) is 27.6 Å². The highest BCUT2D eigenvalue weighted by Crippen LogP contribution is 2.33. The van der Waals surface area contributed by atoms with Crippen LogP contribution in [0.2, 0.25) is 10.0 Å². The fourth-order valence-electron chi connectivity index (χ4n) is 3.77. The lowest BCUT2D eigenvalue weighted by Crippen LogP contribution is -2.51. The number of hydrogen-bond donors (Lipinski definition) is 2. The Morgan fingerprint density at radius 2 is 2.15 bits per heavy atom. The van der Waals surface area contributed by atoms with E-state index >= 15 is 0 Å². The van der Waals surface area contributed by atoms with Crippen molar-refractivity contribution in [3.63, 3.8) is 0 Å². The van der Waals surface area contributed by atoms with E-state index in [9.17, 15) is 14.7 Å². The predicted molar refractivity (Wildman–Crippen MR) is 130 cm³/mol. The molecule has 0 bridgehead atoms. The van der Waals surface area contributed by atoms with Crippen LogP contribution in [0.25, 0.3) is 11.5 Å². The normalized spacial score (nSPS) is 15.1. The first-order valence-corrected chi connectivity index (χ1v) is 12.5. The number of furan rings is 1. The maximum absolute atomic E-state index is 13.2. The van der Waals surface area contributed by atoms with Gasteiger partial charge in [-0.25, -0.2) is 9.97 Å². The van der Waals surface area contributed by atoms with Crippen LogP contribution in [0.3, 0.4) is 0 Å². The smallest absolute Gasteiger partial charge is 0.258 e. The minimum atomic E-state index is -0.766. The Kier molecular flexibility index (Phi) is 7.47. The zero-order valence-electron chi connectivity index (χ0n) is 18.4. The van der Waals surface area contributed by atoms with Gasteiger partial charge >= 0.3 is 0 Å². The van der Waals surface area contributed by atoms with Crippen molar-refractivity contribution < 1.29 is 19.1 Å². The summed E-state index contributed by atoms with van der Waals surface area (Å²) in [6.07, 6.45) is 3.78. The molecule has 0 saturated carbocycles. The summed E-state index contributed by atoms with van der Waals surface area (Å²) in [6.45, 7) is 1.65. The van der Waals surface area contributed by atoms with Crippen LogP contribution in [0.5, 0.6) is 0 Å². The average Bonchev–Trinajstić information content (AvgIpc) is 3.27. The summed E-state index contributed by atoms with van der Waals surface area (Å²) in [6, 6.07) is 7.10. The molecule has 2 aromatic heterocycles. The van der Waals surface area contributed by atoms with E-state index in [0.29, 0.717) is 56.5 Å². The van der Waals surface area contributed by atoms with E-state index in [1.165, 1.54) is 22.9 Å². The number of aromatic nitrogens is 2. The van der Waals surface area contributed by atoms with E-state index in [-0.39, 0.29) is 18.4 Å². The number of amides is 2. The second-order valence-corrected chi connectivity index (χ2v) is 9.34. The van der Waals surface area contributed by atoms with Gasteiger partial charge in [-0.2, -0.15) is 0 Å².